The Morgan fingerprint density at radius 1 is 1.43 bits per heavy atom. The molecule has 0 spiro atoms. The summed E-state index contributed by atoms with van der Waals surface area (Å²) in [6, 6.07) is 2.98. The van der Waals surface area contributed by atoms with Gasteiger partial charge in [0.05, 0.1) is 6.07 Å². The standard InChI is InChI=1S/C12H22N2/c1-11-6-5-7-12(10-11)14(2)9-4-3-8-13/h11-12H,3-7,9-10H2,1-2H3. The molecule has 0 aromatic rings. The molecular formula is C12H22N2. The van der Waals surface area contributed by atoms with Gasteiger partial charge in [-0.2, -0.15) is 5.26 Å². The van der Waals surface area contributed by atoms with E-state index in [2.05, 4.69) is 24.9 Å². The summed E-state index contributed by atoms with van der Waals surface area (Å²) >= 11 is 0. The van der Waals surface area contributed by atoms with Crippen LogP contribution >= 0.6 is 0 Å². The molecule has 0 aliphatic heterocycles. The van der Waals surface area contributed by atoms with Crippen molar-refractivity contribution in [2.45, 2.75) is 51.5 Å². The zero-order chi connectivity index (χ0) is 10.4. The zero-order valence-electron chi connectivity index (χ0n) is 9.50. The third kappa shape index (κ3) is 3.67. The van der Waals surface area contributed by atoms with Crippen LogP contribution in [0.4, 0.5) is 0 Å². The van der Waals surface area contributed by atoms with Crippen molar-refractivity contribution in [3.63, 3.8) is 0 Å². The van der Waals surface area contributed by atoms with Gasteiger partial charge in [0.25, 0.3) is 0 Å². The first-order valence-corrected chi connectivity index (χ1v) is 5.81. The molecule has 1 saturated carbocycles. The lowest BCUT2D eigenvalue weighted by molar-refractivity contribution is 0.163. The van der Waals surface area contributed by atoms with Crippen LogP contribution in [0.3, 0.4) is 0 Å². The van der Waals surface area contributed by atoms with Crippen molar-refractivity contribution in [3.8, 4) is 6.07 Å². The summed E-state index contributed by atoms with van der Waals surface area (Å²) < 4.78 is 0. The van der Waals surface area contributed by atoms with Gasteiger partial charge in [0.2, 0.25) is 0 Å². The average Bonchev–Trinajstić information content (AvgIpc) is 2.18. The van der Waals surface area contributed by atoms with Crippen molar-refractivity contribution in [2.24, 2.45) is 5.92 Å². The third-order valence-corrected chi connectivity index (χ3v) is 3.33. The Morgan fingerprint density at radius 2 is 2.21 bits per heavy atom. The highest BCUT2D eigenvalue weighted by atomic mass is 15.1. The zero-order valence-corrected chi connectivity index (χ0v) is 9.50. The quantitative estimate of drug-likeness (QED) is 0.643. The first-order chi connectivity index (χ1) is 6.74. The van der Waals surface area contributed by atoms with Crippen molar-refractivity contribution in [1.29, 1.82) is 5.26 Å². The lowest BCUT2D eigenvalue weighted by Gasteiger charge is -2.34. The summed E-state index contributed by atoms with van der Waals surface area (Å²) in [7, 11) is 2.21. The van der Waals surface area contributed by atoms with Gasteiger partial charge in [-0.15, -0.1) is 0 Å². The predicted octanol–water partition coefficient (Wildman–Crippen LogP) is 2.80. The molecule has 1 aliphatic carbocycles. The van der Waals surface area contributed by atoms with Crippen molar-refractivity contribution in [1.82, 2.24) is 4.90 Å². The van der Waals surface area contributed by atoms with Crippen LogP contribution in [-0.2, 0) is 0 Å². The number of nitrogens with zero attached hydrogens (tertiary/aromatic N) is 2. The molecule has 0 amide bonds. The van der Waals surface area contributed by atoms with Crippen molar-refractivity contribution in [2.75, 3.05) is 13.6 Å². The number of hydrogen-bond donors (Lipinski definition) is 0. The normalized spacial score (nSPS) is 27.6. The van der Waals surface area contributed by atoms with Gasteiger partial charge in [0.15, 0.2) is 0 Å². The first-order valence-electron chi connectivity index (χ1n) is 5.81. The fourth-order valence-corrected chi connectivity index (χ4v) is 2.39. The largest absolute Gasteiger partial charge is 0.303 e. The second-order valence-corrected chi connectivity index (χ2v) is 4.67. The van der Waals surface area contributed by atoms with Crippen molar-refractivity contribution >= 4 is 0 Å². The highest BCUT2D eigenvalue weighted by Crippen LogP contribution is 2.26. The van der Waals surface area contributed by atoms with Crippen molar-refractivity contribution < 1.29 is 0 Å². The van der Waals surface area contributed by atoms with Crippen LogP contribution in [0.1, 0.15) is 45.4 Å². The van der Waals surface area contributed by atoms with Gasteiger partial charge in [-0.1, -0.05) is 19.8 Å². The van der Waals surface area contributed by atoms with Gasteiger partial charge >= 0.3 is 0 Å². The molecule has 1 fully saturated rings. The van der Waals surface area contributed by atoms with E-state index in [0.29, 0.717) is 6.42 Å². The molecule has 2 nitrogen and oxygen atoms in total. The molecule has 0 bridgehead atoms. The maximum absolute atomic E-state index is 8.46. The van der Waals surface area contributed by atoms with E-state index in [1.54, 1.807) is 0 Å². The van der Waals surface area contributed by atoms with Gasteiger partial charge in [0.1, 0.15) is 0 Å². The molecule has 2 heteroatoms. The molecule has 80 valence electrons. The second kappa shape index (κ2) is 6.03. The average molecular weight is 194 g/mol. The summed E-state index contributed by atoms with van der Waals surface area (Å²) in [6.45, 7) is 3.44. The number of rotatable bonds is 4. The maximum atomic E-state index is 8.46. The molecule has 0 heterocycles. The molecule has 0 saturated heterocycles. The topological polar surface area (TPSA) is 27.0 Å². The predicted molar refractivity (Wildman–Crippen MR) is 58.9 cm³/mol. The first kappa shape index (κ1) is 11.5. The van der Waals surface area contributed by atoms with Crippen LogP contribution < -0.4 is 0 Å². The second-order valence-electron chi connectivity index (χ2n) is 4.67. The lowest BCUT2D eigenvalue weighted by atomic mass is 9.86. The summed E-state index contributed by atoms with van der Waals surface area (Å²) in [5, 5.41) is 8.46. The highest BCUT2D eigenvalue weighted by molar-refractivity contribution is 4.78. The minimum atomic E-state index is 0.701. The SMILES string of the molecule is CC1CCCC(N(C)CCCC#N)C1. The lowest BCUT2D eigenvalue weighted by Crippen LogP contribution is -2.36. The Hall–Kier alpha value is -0.550. The van der Waals surface area contributed by atoms with Crippen LogP contribution in [0.25, 0.3) is 0 Å². The summed E-state index contributed by atoms with van der Waals surface area (Å²) in [5.74, 6) is 0.896. The van der Waals surface area contributed by atoms with Crippen LogP contribution in [0.15, 0.2) is 0 Å². The van der Waals surface area contributed by atoms with E-state index in [9.17, 15) is 0 Å². The number of hydrogen-bond acceptors (Lipinski definition) is 2. The Kier molecular flexibility index (Phi) is 4.97. The minimum absolute atomic E-state index is 0.701. The van der Waals surface area contributed by atoms with E-state index < -0.39 is 0 Å². The molecule has 0 N–H and O–H groups in total. The van der Waals surface area contributed by atoms with Gasteiger partial charge < -0.3 is 4.90 Å². The smallest absolute Gasteiger partial charge is 0.0622 e. The summed E-state index contributed by atoms with van der Waals surface area (Å²) in [5.41, 5.74) is 0. The van der Waals surface area contributed by atoms with E-state index in [0.717, 1.165) is 24.9 Å². The molecule has 1 aliphatic rings. The van der Waals surface area contributed by atoms with E-state index in [1.165, 1.54) is 25.7 Å². The molecule has 2 atom stereocenters. The Balaban J connectivity index is 2.22. The monoisotopic (exact) mass is 194 g/mol. The van der Waals surface area contributed by atoms with Gasteiger partial charge in [-0.3, -0.25) is 0 Å². The molecule has 14 heavy (non-hydrogen) atoms. The Bertz CT molecular complexity index is 195. The van der Waals surface area contributed by atoms with Crippen LogP contribution in [-0.4, -0.2) is 24.5 Å². The molecule has 0 aromatic heterocycles. The maximum Gasteiger partial charge on any atom is 0.0622 e. The summed E-state index contributed by atoms with van der Waals surface area (Å²) in [4.78, 5) is 2.45. The van der Waals surface area contributed by atoms with Crippen LogP contribution in [0.2, 0.25) is 0 Å². The van der Waals surface area contributed by atoms with Gasteiger partial charge in [-0.05, 0) is 38.8 Å². The van der Waals surface area contributed by atoms with Gasteiger partial charge in [0, 0.05) is 12.5 Å². The minimum Gasteiger partial charge on any atom is -0.303 e. The number of unbranched alkanes of at least 4 members (excludes halogenated alkanes) is 1. The van der Waals surface area contributed by atoms with Crippen molar-refractivity contribution in [3.05, 3.63) is 0 Å². The highest BCUT2D eigenvalue weighted by Gasteiger charge is 2.21. The third-order valence-electron chi connectivity index (χ3n) is 3.33. The molecule has 2 unspecified atom stereocenters. The molecule has 0 radical (unpaired) electrons. The number of nitriles is 1. The molecule has 1 rings (SSSR count). The fraction of sp³-hybridized carbons (Fsp3) is 0.917. The van der Waals surface area contributed by atoms with E-state index in [4.69, 9.17) is 5.26 Å². The van der Waals surface area contributed by atoms with Gasteiger partial charge in [-0.25, -0.2) is 0 Å². The molecular weight excluding hydrogens is 172 g/mol. The van der Waals surface area contributed by atoms with E-state index in [1.807, 2.05) is 0 Å². The summed E-state index contributed by atoms with van der Waals surface area (Å²) in [6.07, 6.45) is 7.22. The Labute approximate surface area is 87.9 Å². The molecule has 0 aromatic carbocycles. The Morgan fingerprint density at radius 3 is 2.86 bits per heavy atom. The van der Waals surface area contributed by atoms with Crippen LogP contribution in [0.5, 0.6) is 0 Å². The van der Waals surface area contributed by atoms with E-state index in [-0.39, 0.29) is 0 Å². The fourth-order valence-electron chi connectivity index (χ4n) is 2.39. The van der Waals surface area contributed by atoms with Crippen LogP contribution in [0, 0.1) is 17.2 Å². The van der Waals surface area contributed by atoms with E-state index >= 15 is 0 Å².